The topological polar surface area (TPSA) is 12.4 Å². The van der Waals surface area contributed by atoms with Gasteiger partial charge in [0, 0.05) is 0 Å². The lowest BCUT2D eigenvalue weighted by molar-refractivity contribution is 1.48. The summed E-state index contributed by atoms with van der Waals surface area (Å²) in [5.41, 5.74) is 1.87. The van der Waals surface area contributed by atoms with Crippen LogP contribution >= 0.6 is 11.6 Å². The minimum atomic E-state index is 0.550. The fourth-order valence-electron chi connectivity index (χ4n) is 0.823. The van der Waals surface area contributed by atoms with Crippen LogP contribution in [0.4, 0.5) is 5.69 Å². The monoisotopic (exact) mass is 193 g/mol. The van der Waals surface area contributed by atoms with E-state index in [4.69, 9.17) is 11.6 Å². The molecule has 0 atom stereocenters. The first-order valence-electron chi connectivity index (χ1n) is 4.16. The molecule has 0 bridgehead atoms. The molecule has 0 aliphatic heterocycles. The summed E-state index contributed by atoms with van der Waals surface area (Å²) in [5, 5.41) is 0.550. The maximum absolute atomic E-state index is 5.95. The van der Waals surface area contributed by atoms with Crippen LogP contribution in [0.2, 0.25) is 0 Å². The lowest BCUT2D eigenvalue weighted by atomic mass is 10.3. The van der Waals surface area contributed by atoms with Gasteiger partial charge >= 0.3 is 0 Å². The highest BCUT2D eigenvalue weighted by Crippen LogP contribution is 2.13. The van der Waals surface area contributed by atoms with Gasteiger partial charge in [0.25, 0.3) is 0 Å². The van der Waals surface area contributed by atoms with Gasteiger partial charge in [-0.2, -0.15) is 0 Å². The molecule has 0 aliphatic carbocycles. The molecule has 0 radical (unpaired) electrons. The first-order valence-corrected chi connectivity index (χ1v) is 4.54. The van der Waals surface area contributed by atoms with Crippen molar-refractivity contribution in [1.82, 2.24) is 0 Å². The summed E-state index contributed by atoms with van der Waals surface area (Å²) in [4.78, 5) is 4.24. The van der Waals surface area contributed by atoms with Crippen molar-refractivity contribution < 1.29 is 0 Å². The summed E-state index contributed by atoms with van der Waals surface area (Å²) < 4.78 is 0. The molecular weight excluding hydrogens is 182 g/mol. The largest absolute Gasteiger partial charge is 0.236 e. The molecule has 0 N–H and O–H groups in total. The number of aliphatic imine (C=N–C) groups is 1. The second-order valence-corrected chi connectivity index (χ2v) is 3.07. The normalized spacial score (nSPS) is 13.2. The molecule has 1 aromatic rings. The van der Waals surface area contributed by atoms with Crippen molar-refractivity contribution >= 4 is 22.5 Å². The van der Waals surface area contributed by atoms with Gasteiger partial charge in [-0.1, -0.05) is 35.9 Å². The number of allylic oxidation sites excluding steroid dienone is 2. The van der Waals surface area contributed by atoms with Crippen LogP contribution in [-0.2, 0) is 0 Å². The predicted octanol–water partition coefficient (Wildman–Crippen LogP) is 3.92. The minimum absolute atomic E-state index is 0.550. The Labute approximate surface area is 83.8 Å². The van der Waals surface area contributed by atoms with Gasteiger partial charge in [0.15, 0.2) is 0 Å². The smallest absolute Gasteiger partial charge is 0.132 e. The molecule has 0 aliphatic rings. The van der Waals surface area contributed by atoms with E-state index in [0.29, 0.717) is 5.17 Å². The van der Waals surface area contributed by atoms with E-state index >= 15 is 0 Å². The van der Waals surface area contributed by atoms with E-state index in [1.165, 1.54) is 0 Å². The number of hydrogen-bond donors (Lipinski definition) is 0. The van der Waals surface area contributed by atoms with Crippen molar-refractivity contribution in [2.24, 2.45) is 4.99 Å². The van der Waals surface area contributed by atoms with Crippen molar-refractivity contribution in [1.29, 1.82) is 0 Å². The van der Waals surface area contributed by atoms with Crippen LogP contribution < -0.4 is 0 Å². The highest BCUT2D eigenvalue weighted by atomic mass is 35.5. The van der Waals surface area contributed by atoms with Gasteiger partial charge in [-0.3, -0.25) is 0 Å². The Balaban J connectivity index is 2.89. The van der Waals surface area contributed by atoms with Crippen LogP contribution in [0.3, 0.4) is 0 Å². The molecule has 0 amide bonds. The zero-order chi connectivity index (χ0) is 9.68. The molecule has 0 fully saturated rings. The lowest BCUT2D eigenvalue weighted by Crippen LogP contribution is -1.87. The zero-order valence-corrected chi connectivity index (χ0v) is 8.55. The third-order valence-electron chi connectivity index (χ3n) is 1.74. The Morgan fingerprint density at radius 2 is 1.92 bits per heavy atom. The summed E-state index contributed by atoms with van der Waals surface area (Å²) in [6, 6.07) is 9.67. The fraction of sp³-hybridized carbons (Fsp3) is 0.182. The van der Waals surface area contributed by atoms with Crippen molar-refractivity contribution in [2.75, 3.05) is 0 Å². The quantitative estimate of drug-likeness (QED) is 0.632. The first-order chi connectivity index (χ1) is 6.24. The molecule has 0 aromatic heterocycles. The Hall–Kier alpha value is -1.08. The molecule has 68 valence electrons. The van der Waals surface area contributed by atoms with Crippen molar-refractivity contribution in [3.63, 3.8) is 0 Å². The number of hydrogen-bond acceptors (Lipinski definition) is 1. The predicted molar refractivity (Wildman–Crippen MR) is 58.8 cm³/mol. The van der Waals surface area contributed by atoms with E-state index in [0.717, 1.165) is 11.3 Å². The van der Waals surface area contributed by atoms with Crippen molar-refractivity contribution in [3.05, 3.63) is 42.0 Å². The zero-order valence-electron chi connectivity index (χ0n) is 7.79. The summed E-state index contributed by atoms with van der Waals surface area (Å²) >= 11 is 5.95. The number of para-hydroxylation sites is 1. The van der Waals surface area contributed by atoms with Gasteiger partial charge in [-0.25, -0.2) is 4.99 Å². The van der Waals surface area contributed by atoms with E-state index < -0.39 is 0 Å². The van der Waals surface area contributed by atoms with Crippen LogP contribution in [0.1, 0.15) is 13.8 Å². The molecule has 0 unspecified atom stereocenters. The minimum Gasteiger partial charge on any atom is -0.236 e. The fourth-order valence-corrected chi connectivity index (χ4v) is 1.03. The van der Waals surface area contributed by atoms with Crippen molar-refractivity contribution in [2.45, 2.75) is 13.8 Å². The second kappa shape index (κ2) is 4.83. The average Bonchev–Trinajstić information content (AvgIpc) is 2.18. The molecule has 0 spiro atoms. The molecule has 0 heterocycles. The highest BCUT2D eigenvalue weighted by molar-refractivity contribution is 6.69. The number of rotatable bonds is 2. The van der Waals surface area contributed by atoms with Crippen LogP contribution in [0.5, 0.6) is 0 Å². The summed E-state index contributed by atoms with van der Waals surface area (Å²) in [7, 11) is 0. The van der Waals surface area contributed by atoms with E-state index in [9.17, 15) is 0 Å². The lowest BCUT2D eigenvalue weighted by Gasteiger charge is -1.97. The van der Waals surface area contributed by atoms with Crippen LogP contribution in [0, 0.1) is 0 Å². The van der Waals surface area contributed by atoms with E-state index in [1.807, 2.05) is 50.3 Å². The van der Waals surface area contributed by atoms with Gasteiger partial charge in [0.05, 0.1) is 5.69 Å². The highest BCUT2D eigenvalue weighted by Gasteiger charge is 1.95. The third kappa shape index (κ3) is 3.03. The number of nitrogens with zero attached hydrogens (tertiary/aromatic N) is 1. The van der Waals surface area contributed by atoms with Gasteiger partial charge in [-0.15, -0.1) is 0 Å². The summed E-state index contributed by atoms with van der Waals surface area (Å²) in [6.07, 6.45) is 1.94. The van der Waals surface area contributed by atoms with E-state index in [2.05, 4.69) is 4.99 Å². The van der Waals surface area contributed by atoms with Crippen LogP contribution in [-0.4, -0.2) is 5.17 Å². The Morgan fingerprint density at radius 3 is 2.46 bits per heavy atom. The molecule has 1 rings (SSSR count). The van der Waals surface area contributed by atoms with E-state index in [1.54, 1.807) is 0 Å². The van der Waals surface area contributed by atoms with Gasteiger partial charge in [0.2, 0.25) is 0 Å². The first kappa shape index (κ1) is 10.0. The molecule has 2 heteroatoms. The van der Waals surface area contributed by atoms with Gasteiger partial charge in [0.1, 0.15) is 5.17 Å². The number of benzene rings is 1. The molecule has 1 aromatic carbocycles. The molecule has 1 nitrogen and oxygen atoms in total. The number of halogens is 1. The van der Waals surface area contributed by atoms with Gasteiger partial charge in [-0.05, 0) is 31.6 Å². The molecular formula is C11H12ClN. The SMILES string of the molecule is C/C=C(\C)C(Cl)=Nc1ccccc1. The maximum atomic E-state index is 5.95. The van der Waals surface area contributed by atoms with Crippen LogP contribution in [0.25, 0.3) is 0 Å². The molecule has 0 saturated carbocycles. The standard InChI is InChI=1S/C11H12ClN/c1-3-9(2)11(12)13-10-7-5-4-6-8-10/h3-8H,1-2H3/b9-3+,13-11?. The summed E-state index contributed by atoms with van der Waals surface area (Å²) in [5.74, 6) is 0. The van der Waals surface area contributed by atoms with Crippen LogP contribution in [0.15, 0.2) is 47.0 Å². The molecule has 13 heavy (non-hydrogen) atoms. The third-order valence-corrected chi connectivity index (χ3v) is 2.12. The molecule has 0 saturated heterocycles. The maximum Gasteiger partial charge on any atom is 0.132 e. The van der Waals surface area contributed by atoms with Gasteiger partial charge < -0.3 is 0 Å². The second-order valence-electron chi connectivity index (χ2n) is 2.71. The van der Waals surface area contributed by atoms with E-state index in [-0.39, 0.29) is 0 Å². The average molecular weight is 194 g/mol. The van der Waals surface area contributed by atoms with Crippen molar-refractivity contribution in [3.8, 4) is 0 Å². The Bertz CT molecular complexity index is 325. The Kier molecular flexibility index (Phi) is 3.71. The Morgan fingerprint density at radius 1 is 1.31 bits per heavy atom. The summed E-state index contributed by atoms with van der Waals surface area (Å²) in [6.45, 7) is 3.88.